The lowest BCUT2D eigenvalue weighted by atomic mass is 10.1. The van der Waals surface area contributed by atoms with Crippen molar-refractivity contribution in [2.75, 3.05) is 44.6 Å². The third-order valence-corrected chi connectivity index (χ3v) is 11.9. The smallest absolute Gasteiger partial charge is 0.348 e. The van der Waals surface area contributed by atoms with Gasteiger partial charge in [0, 0.05) is 43.4 Å². The maximum Gasteiger partial charge on any atom is 0.348 e. The molecule has 2 aromatic heterocycles. The topological polar surface area (TPSA) is 127 Å². The molecule has 4 rings (SSSR count). The summed E-state index contributed by atoms with van der Waals surface area (Å²) in [5.41, 5.74) is 1.05. The predicted molar refractivity (Wildman–Crippen MR) is 164 cm³/mol. The molecule has 0 unspecified atom stereocenters. The number of carbonyl (C=O) groups excluding carboxylic acids is 2. The Bertz CT molecular complexity index is 1510. The molecule has 1 aliphatic rings. The summed E-state index contributed by atoms with van der Waals surface area (Å²) in [6.07, 6.45) is 3.58. The lowest BCUT2D eigenvalue weighted by Gasteiger charge is -2.38. The Kier molecular flexibility index (Phi) is 10.5. The van der Waals surface area contributed by atoms with Gasteiger partial charge in [0.1, 0.15) is 20.6 Å². The molecule has 1 amide bonds. The number of esters is 1. The second-order valence-electron chi connectivity index (χ2n) is 8.95. The van der Waals surface area contributed by atoms with Gasteiger partial charge in [-0.05, 0) is 44.4 Å². The third kappa shape index (κ3) is 6.97. The first kappa shape index (κ1) is 31.1. The zero-order valence-electron chi connectivity index (χ0n) is 23.1. The summed E-state index contributed by atoms with van der Waals surface area (Å²) < 4.78 is 35.5. The molecule has 0 saturated carbocycles. The number of thioether (sulfide) groups is 2. The van der Waals surface area contributed by atoms with Crippen LogP contribution in [0.15, 0.2) is 57.8 Å². The number of nitrogens with zero attached hydrogens (tertiary/aromatic N) is 5. The monoisotopic (exact) mass is 636 g/mol. The number of piperazine rings is 1. The molecular weight excluding hydrogens is 605 g/mol. The zero-order valence-corrected chi connectivity index (χ0v) is 26.4. The molecule has 1 aliphatic heterocycles. The molecular formula is C26H32N6O5S4. The van der Waals surface area contributed by atoms with Crippen molar-refractivity contribution in [3.05, 3.63) is 59.1 Å². The van der Waals surface area contributed by atoms with Crippen LogP contribution in [0.3, 0.4) is 0 Å². The van der Waals surface area contributed by atoms with E-state index in [1.54, 1.807) is 61.1 Å². The lowest BCUT2D eigenvalue weighted by Crippen LogP contribution is -2.55. The van der Waals surface area contributed by atoms with Gasteiger partial charge in [0.15, 0.2) is 0 Å². The molecule has 0 radical (unpaired) electrons. The Morgan fingerprint density at radius 3 is 2.59 bits per heavy atom. The molecule has 3 aromatic rings. The molecule has 0 aliphatic carbocycles. The van der Waals surface area contributed by atoms with Gasteiger partial charge in [0.05, 0.1) is 17.7 Å². The molecule has 1 fully saturated rings. The maximum absolute atomic E-state index is 13.6. The standard InChI is InChI=1S/C26H32N6O5S4/c1-5-37-26(34)23(39-17-38-4)24(27-3)31-16-20(28-29-31)21-11-12-22(40-21)41(35,36)32-14-13-30(15-18(32)2)25(33)19-9-7-6-8-10-19/h6-12,16,18,27H,5,13-15,17H2,1-4H3/b24-23+/t18-/m1/s1. The number of hydrogen-bond donors (Lipinski definition) is 1. The van der Waals surface area contributed by atoms with Crippen LogP contribution in [0.2, 0.25) is 0 Å². The van der Waals surface area contributed by atoms with Crippen LogP contribution in [0, 0.1) is 0 Å². The summed E-state index contributed by atoms with van der Waals surface area (Å²) in [6.45, 7) is 4.60. The Balaban J connectivity index is 1.52. The minimum atomic E-state index is -3.80. The molecule has 0 spiro atoms. The number of amides is 1. The van der Waals surface area contributed by atoms with Crippen molar-refractivity contribution in [2.24, 2.45) is 0 Å². The van der Waals surface area contributed by atoms with E-state index in [-0.39, 0.29) is 23.3 Å². The summed E-state index contributed by atoms with van der Waals surface area (Å²) in [5, 5.41) is 12.1. The van der Waals surface area contributed by atoms with Gasteiger partial charge in [-0.2, -0.15) is 16.1 Å². The van der Waals surface area contributed by atoms with Crippen molar-refractivity contribution in [1.29, 1.82) is 0 Å². The van der Waals surface area contributed by atoms with Crippen molar-refractivity contribution in [2.45, 2.75) is 24.1 Å². The number of sulfonamides is 1. The van der Waals surface area contributed by atoms with Gasteiger partial charge in [-0.1, -0.05) is 23.4 Å². The number of aromatic nitrogens is 3. The Labute approximate surface area is 252 Å². The van der Waals surface area contributed by atoms with Crippen molar-refractivity contribution in [3.63, 3.8) is 0 Å². The van der Waals surface area contributed by atoms with Gasteiger partial charge in [-0.15, -0.1) is 28.2 Å². The van der Waals surface area contributed by atoms with Crippen LogP contribution in [-0.2, 0) is 19.6 Å². The van der Waals surface area contributed by atoms with Crippen LogP contribution in [0.5, 0.6) is 0 Å². The van der Waals surface area contributed by atoms with Gasteiger partial charge in [0.2, 0.25) is 0 Å². The normalized spacial score (nSPS) is 16.8. The second-order valence-corrected chi connectivity index (χ2v) is 14.4. The van der Waals surface area contributed by atoms with Crippen LogP contribution in [0.1, 0.15) is 24.2 Å². The highest BCUT2D eigenvalue weighted by Gasteiger charge is 2.36. The SMILES string of the molecule is CCOC(=O)/C(SCSC)=C(/NC)n1cc(-c2ccc(S(=O)(=O)N3CCN(C(=O)c4ccccc4)C[C@H]3C)s2)nn1. The number of thiophene rings is 1. The minimum absolute atomic E-state index is 0.107. The van der Waals surface area contributed by atoms with Gasteiger partial charge in [0.25, 0.3) is 15.9 Å². The van der Waals surface area contributed by atoms with E-state index in [2.05, 4.69) is 15.6 Å². The highest BCUT2D eigenvalue weighted by molar-refractivity contribution is 8.18. The molecule has 41 heavy (non-hydrogen) atoms. The largest absolute Gasteiger partial charge is 0.462 e. The Morgan fingerprint density at radius 1 is 1.17 bits per heavy atom. The molecule has 15 heteroatoms. The Hall–Kier alpha value is -2.85. The highest BCUT2D eigenvalue weighted by atomic mass is 32.2. The van der Waals surface area contributed by atoms with E-state index in [4.69, 9.17) is 4.74 Å². The van der Waals surface area contributed by atoms with Crippen molar-refractivity contribution in [1.82, 2.24) is 29.5 Å². The van der Waals surface area contributed by atoms with Crippen LogP contribution in [0.4, 0.5) is 0 Å². The molecule has 1 aromatic carbocycles. The van der Waals surface area contributed by atoms with Gasteiger partial charge in [-0.25, -0.2) is 17.9 Å². The minimum Gasteiger partial charge on any atom is -0.462 e. The third-order valence-electron chi connectivity index (χ3n) is 6.23. The summed E-state index contributed by atoms with van der Waals surface area (Å²) in [6, 6.07) is 11.9. The first-order valence-electron chi connectivity index (χ1n) is 12.8. The van der Waals surface area contributed by atoms with E-state index in [0.29, 0.717) is 45.0 Å². The zero-order chi connectivity index (χ0) is 29.6. The van der Waals surface area contributed by atoms with E-state index in [0.717, 1.165) is 11.3 Å². The quantitative estimate of drug-likeness (QED) is 0.190. The number of nitrogens with one attached hydrogen (secondary N) is 1. The summed E-state index contributed by atoms with van der Waals surface area (Å²) in [7, 11) is -2.12. The number of ether oxygens (including phenoxy) is 1. The van der Waals surface area contributed by atoms with Gasteiger partial charge < -0.3 is 15.0 Å². The van der Waals surface area contributed by atoms with Crippen molar-refractivity contribution < 1.29 is 22.7 Å². The van der Waals surface area contributed by atoms with Crippen LogP contribution >= 0.6 is 34.9 Å². The van der Waals surface area contributed by atoms with E-state index in [9.17, 15) is 18.0 Å². The van der Waals surface area contributed by atoms with E-state index >= 15 is 0 Å². The van der Waals surface area contributed by atoms with Crippen LogP contribution in [0.25, 0.3) is 16.4 Å². The first-order chi connectivity index (χ1) is 19.7. The van der Waals surface area contributed by atoms with Gasteiger partial charge >= 0.3 is 5.97 Å². The average Bonchev–Trinajstić information content (AvgIpc) is 3.66. The Morgan fingerprint density at radius 2 is 1.93 bits per heavy atom. The number of benzene rings is 1. The maximum atomic E-state index is 13.6. The molecule has 0 bridgehead atoms. The molecule has 1 atom stereocenters. The van der Waals surface area contributed by atoms with Crippen molar-refractivity contribution >= 4 is 62.6 Å². The average molecular weight is 637 g/mol. The van der Waals surface area contributed by atoms with E-state index in [1.165, 1.54) is 20.7 Å². The molecule has 1 N–H and O–H groups in total. The lowest BCUT2D eigenvalue weighted by molar-refractivity contribution is -0.137. The highest BCUT2D eigenvalue weighted by Crippen LogP contribution is 2.33. The molecule has 11 nitrogen and oxygen atoms in total. The fourth-order valence-corrected chi connectivity index (χ4v) is 8.76. The van der Waals surface area contributed by atoms with Crippen molar-refractivity contribution in [3.8, 4) is 10.6 Å². The molecule has 3 heterocycles. The van der Waals surface area contributed by atoms with E-state index in [1.807, 2.05) is 31.4 Å². The second kappa shape index (κ2) is 13.9. The summed E-state index contributed by atoms with van der Waals surface area (Å²) in [4.78, 5) is 28.2. The fraction of sp³-hybridized carbons (Fsp3) is 0.385. The molecule has 220 valence electrons. The molecule has 1 saturated heterocycles. The van der Waals surface area contributed by atoms with Gasteiger partial charge in [-0.3, -0.25) is 4.79 Å². The van der Waals surface area contributed by atoms with Crippen LogP contribution in [-0.4, -0.2) is 95.2 Å². The van der Waals surface area contributed by atoms with E-state index < -0.39 is 22.0 Å². The first-order valence-corrected chi connectivity index (χ1v) is 17.4. The number of carbonyl (C=O) groups is 2. The number of hydrogen-bond acceptors (Lipinski definition) is 11. The predicted octanol–water partition coefficient (Wildman–Crippen LogP) is 3.50. The van der Waals surface area contributed by atoms with Crippen LogP contribution < -0.4 is 5.32 Å². The number of rotatable bonds is 11. The fourth-order valence-electron chi connectivity index (χ4n) is 4.31. The summed E-state index contributed by atoms with van der Waals surface area (Å²) in [5.74, 6) is -0.150. The summed E-state index contributed by atoms with van der Waals surface area (Å²) >= 11 is 4.01.